The van der Waals surface area contributed by atoms with E-state index in [1.165, 1.54) is 6.07 Å². The fourth-order valence-electron chi connectivity index (χ4n) is 1.61. The predicted octanol–water partition coefficient (Wildman–Crippen LogP) is 4.52. The lowest BCUT2D eigenvalue weighted by Gasteiger charge is -2.06. The van der Waals surface area contributed by atoms with E-state index in [1.54, 1.807) is 35.9 Å². The zero-order valence-electron chi connectivity index (χ0n) is 15.3. The number of carbonyl (C=O) groups is 1. The Bertz CT molecular complexity index is 666. The van der Waals surface area contributed by atoms with Gasteiger partial charge in [0.05, 0.1) is 5.69 Å². The number of nitrogens with one attached hydrogen (secondary N) is 2. The minimum atomic E-state index is -0.355. The molecule has 0 radical (unpaired) electrons. The first-order chi connectivity index (χ1) is 12.6. The van der Waals surface area contributed by atoms with Crippen molar-refractivity contribution in [2.24, 2.45) is 5.84 Å². The quantitative estimate of drug-likeness (QED) is 0.239. The van der Waals surface area contributed by atoms with E-state index in [0.717, 1.165) is 11.3 Å². The van der Waals surface area contributed by atoms with Gasteiger partial charge in [-0.1, -0.05) is 31.5 Å². The van der Waals surface area contributed by atoms with Crippen molar-refractivity contribution in [2.75, 3.05) is 12.4 Å². The standard InChI is InChI=1S/C14H12ClFN2.C2H6.C2H4.CH4N2O/c1-17-13-6-2-4-11(15)10(13)7-8-14-12(16)5-3-9-18-14;2*1-2;2-3-1-4/h2-9,17H,1H3;1-2H3;1-2H2;1H,2H2,(H,3,4)/b8-7+;;;. The smallest absolute Gasteiger partial charge is 0.221 e. The lowest BCUT2D eigenvalue weighted by molar-refractivity contribution is -0.109. The van der Waals surface area contributed by atoms with Crippen LogP contribution in [-0.2, 0) is 4.79 Å². The van der Waals surface area contributed by atoms with Crippen LogP contribution >= 0.6 is 11.6 Å². The molecule has 0 bridgehead atoms. The van der Waals surface area contributed by atoms with E-state index in [9.17, 15) is 4.39 Å². The largest absolute Gasteiger partial charge is 0.388 e. The number of hydrogen-bond donors (Lipinski definition) is 3. The monoisotopic (exact) mass is 380 g/mol. The molecule has 5 nitrogen and oxygen atoms in total. The highest BCUT2D eigenvalue weighted by molar-refractivity contribution is 6.32. The molecular weight excluding hydrogens is 355 g/mol. The van der Waals surface area contributed by atoms with Gasteiger partial charge < -0.3 is 5.32 Å². The van der Waals surface area contributed by atoms with Crippen LogP contribution in [0.1, 0.15) is 25.1 Å². The molecule has 0 unspecified atom stereocenters. The van der Waals surface area contributed by atoms with Gasteiger partial charge in [0, 0.05) is 29.5 Å². The van der Waals surface area contributed by atoms with Gasteiger partial charge in [0.1, 0.15) is 5.82 Å². The number of hydrogen-bond acceptors (Lipinski definition) is 4. The molecule has 1 aromatic carbocycles. The summed E-state index contributed by atoms with van der Waals surface area (Å²) in [7, 11) is 1.81. The Balaban J connectivity index is 0. The number of benzene rings is 1. The Morgan fingerprint density at radius 2 is 1.81 bits per heavy atom. The Labute approximate surface area is 159 Å². The van der Waals surface area contributed by atoms with E-state index in [2.05, 4.69) is 29.3 Å². The second-order valence-corrected chi connectivity index (χ2v) is 4.35. The molecule has 2 aromatic rings. The van der Waals surface area contributed by atoms with Crippen molar-refractivity contribution < 1.29 is 9.18 Å². The fourth-order valence-corrected chi connectivity index (χ4v) is 1.84. The van der Waals surface area contributed by atoms with Crippen LogP contribution in [0.4, 0.5) is 10.1 Å². The van der Waals surface area contributed by atoms with Crippen molar-refractivity contribution in [1.82, 2.24) is 10.4 Å². The van der Waals surface area contributed by atoms with Crippen molar-refractivity contribution in [3.63, 3.8) is 0 Å². The highest BCUT2D eigenvalue weighted by Gasteiger charge is 2.03. The topological polar surface area (TPSA) is 80.0 Å². The molecule has 7 heteroatoms. The van der Waals surface area contributed by atoms with E-state index < -0.39 is 0 Å². The van der Waals surface area contributed by atoms with Crippen LogP contribution in [0.15, 0.2) is 49.7 Å². The summed E-state index contributed by atoms with van der Waals surface area (Å²) in [6, 6.07) is 8.48. The van der Waals surface area contributed by atoms with Crippen LogP contribution in [-0.4, -0.2) is 18.4 Å². The van der Waals surface area contributed by atoms with Crippen LogP contribution < -0.4 is 16.6 Å². The van der Waals surface area contributed by atoms with Crippen molar-refractivity contribution in [3.05, 3.63) is 71.8 Å². The second-order valence-electron chi connectivity index (χ2n) is 3.94. The maximum absolute atomic E-state index is 13.4. The first-order valence-corrected chi connectivity index (χ1v) is 8.16. The molecule has 0 aliphatic carbocycles. The molecule has 0 aliphatic rings. The predicted molar refractivity (Wildman–Crippen MR) is 110 cm³/mol. The Hall–Kier alpha value is -2.70. The minimum Gasteiger partial charge on any atom is -0.388 e. The Kier molecular flexibility index (Phi) is 16.8. The van der Waals surface area contributed by atoms with Gasteiger partial charge in [-0.15, -0.1) is 13.2 Å². The molecule has 0 fully saturated rings. The fraction of sp³-hybridized carbons (Fsp3) is 0.158. The summed E-state index contributed by atoms with van der Waals surface area (Å²) in [5, 5.41) is 3.64. The Morgan fingerprint density at radius 3 is 2.31 bits per heavy atom. The van der Waals surface area contributed by atoms with Gasteiger partial charge >= 0.3 is 0 Å². The third-order valence-electron chi connectivity index (χ3n) is 2.59. The highest BCUT2D eigenvalue weighted by atomic mass is 35.5. The van der Waals surface area contributed by atoms with Crippen molar-refractivity contribution >= 4 is 35.9 Å². The number of rotatable bonds is 4. The molecule has 4 N–H and O–H groups in total. The van der Waals surface area contributed by atoms with Gasteiger partial charge in [-0.25, -0.2) is 10.2 Å². The normalized spacial score (nSPS) is 8.69. The van der Waals surface area contributed by atoms with E-state index in [-0.39, 0.29) is 5.82 Å². The average Bonchev–Trinajstić information content (AvgIpc) is 2.71. The van der Waals surface area contributed by atoms with Crippen LogP contribution in [0.5, 0.6) is 0 Å². The first kappa shape index (κ1) is 25.5. The molecule has 0 aliphatic heterocycles. The zero-order valence-corrected chi connectivity index (χ0v) is 16.1. The lowest BCUT2D eigenvalue weighted by atomic mass is 10.1. The summed E-state index contributed by atoms with van der Waals surface area (Å²) in [5.74, 6) is 4.05. The third-order valence-corrected chi connectivity index (χ3v) is 2.91. The molecule has 1 heterocycles. The minimum absolute atomic E-state index is 0.291. The van der Waals surface area contributed by atoms with Crippen molar-refractivity contribution in [3.8, 4) is 0 Å². The number of pyridine rings is 1. The van der Waals surface area contributed by atoms with E-state index >= 15 is 0 Å². The summed E-state index contributed by atoms with van der Waals surface area (Å²) >= 11 is 6.11. The summed E-state index contributed by atoms with van der Waals surface area (Å²) in [6.07, 6.45) is 5.31. The summed E-state index contributed by atoms with van der Waals surface area (Å²) in [5.41, 5.74) is 3.74. The van der Waals surface area contributed by atoms with Gasteiger partial charge in [0.25, 0.3) is 0 Å². The van der Waals surface area contributed by atoms with Crippen molar-refractivity contribution in [2.45, 2.75) is 13.8 Å². The molecule has 1 aromatic heterocycles. The average molecular weight is 381 g/mol. The molecule has 142 valence electrons. The lowest BCUT2D eigenvalue weighted by Crippen LogP contribution is -2.18. The summed E-state index contributed by atoms with van der Waals surface area (Å²) in [6.45, 7) is 10.0. The molecule has 0 atom stereocenters. The molecule has 2 rings (SSSR count). The molecule has 0 saturated carbocycles. The SMILES string of the molecule is C=C.CC.CNc1cccc(Cl)c1/C=C/c1ncccc1F.NNC=O. The van der Waals surface area contributed by atoms with Gasteiger partial charge in [-0.05, 0) is 36.4 Å². The summed E-state index contributed by atoms with van der Waals surface area (Å²) < 4.78 is 13.4. The van der Waals surface area contributed by atoms with Gasteiger partial charge in [-0.2, -0.15) is 0 Å². The molecular formula is C19H26ClFN4O. The molecule has 26 heavy (non-hydrogen) atoms. The molecule has 0 saturated heterocycles. The number of amides is 1. The Morgan fingerprint density at radius 1 is 1.19 bits per heavy atom. The second kappa shape index (κ2) is 17.1. The zero-order chi connectivity index (χ0) is 20.4. The summed E-state index contributed by atoms with van der Waals surface area (Å²) in [4.78, 5) is 12.9. The molecule has 1 amide bonds. The van der Waals surface area contributed by atoms with Crippen LogP contribution in [0.3, 0.4) is 0 Å². The van der Waals surface area contributed by atoms with Crippen molar-refractivity contribution in [1.29, 1.82) is 0 Å². The van der Waals surface area contributed by atoms with E-state index in [0.29, 0.717) is 17.1 Å². The number of nitrogens with zero attached hydrogens (tertiary/aromatic N) is 1. The van der Waals surface area contributed by atoms with E-state index in [4.69, 9.17) is 16.4 Å². The first-order valence-electron chi connectivity index (χ1n) is 7.78. The maximum Gasteiger partial charge on any atom is 0.221 e. The van der Waals surface area contributed by atoms with Crippen LogP contribution in [0.25, 0.3) is 12.2 Å². The number of hydrazine groups is 1. The van der Waals surface area contributed by atoms with Gasteiger partial charge in [-0.3, -0.25) is 15.2 Å². The van der Waals surface area contributed by atoms with Crippen LogP contribution in [0, 0.1) is 5.82 Å². The number of halogens is 2. The van der Waals surface area contributed by atoms with E-state index in [1.807, 2.05) is 33.0 Å². The van der Waals surface area contributed by atoms with Crippen LogP contribution in [0.2, 0.25) is 5.02 Å². The highest BCUT2D eigenvalue weighted by Crippen LogP contribution is 2.26. The number of nitrogens with two attached hydrogens (primary N) is 1. The van der Waals surface area contributed by atoms with Gasteiger partial charge in [0.15, 0.2) is 0 Å². The number of anilines is 1. The maximum atomic E-state index is 13.4. The van der Waals surface area contributed by atoms with Gasteiger partial charge in [0.2, 0.25) is 6.41 Å². The third kappa shape index (κ3) is 9.56. The molecule has 0 spiro atoms. The number of aromatic nitrogens is 1. The number of carbonyl (C=O) groups excluding carboxylic acids is 1.